The van der Waals surface area contributed by atoms with Crippen LogP contribution in [0.4, 0.5) is 5.95 Å². The van der Waals surface area contributed by atoms with Crippen molar-refractivity contribution in [1.82, 2.24) is 9.97 Å². The highest BCUT2D eigenvalue weighted by Crippen LogP contribution is 2.10. The van der Waals surface area contributed by atoms with Crippen molar-refractivity contribution in [3.63, 3.8) is 0 Å². The summed E-state index contributed by atoms with van der Waals surface area (Å²) >= 11 is 5.71. The first-order valence-electron chi connectivity index (χ1n) is 4.46. The number of halogens is 2. The van der Waals surface area contributed by atoms with Crippen LogP contribution in [-0.2, 0) is 0 Å². The van der Waals surface area contributed by atoms with Crippen molar-refractivity contribution in [3.05, 3.63) is 16.0 Å². The van der Waals surface area contributed by atoms with Gasteiger partial charge in [0.25, 0.3) is 0 Å². The van der Waals surface area contributed by atoms with Crippen molar-refractivity contribution >= 4 is 44.5 Å². The quantitative estimate of drug-likeness (QED) is 0.654. The lowest BCUT2D eigenvalue weighted by atomic mass is 10.2. The van der Waals surface area contributed by atoms with Crippen LogP contribution in [-0.4, -0.2) is 20.8 Å². The van der Waals surface area contributed by atoms with E-state index in [0.717, 1.165) is 9.99 Å². The minimum Gasteiger partial charge on any atom is -0.352 e. The monoisotopic (exact) mass is 369 g/mol. The van der Waals surface area contributed by atoms with Crippen LogP contribution in [0.25, 0.3) is 0 Å². The summed E-state index contributed by atoms with van der Waals surface area (Å²) in [5.41, 5.74) is 0. The number of nitrogens with zero attached hydrogens (tertiary/aromatic N) is 2. The van der Waals surface area contributed by atoms with Gasteiger partial charge in [-0.15, -0.1) is 0 Å². The van der Waals surface area contributed by atoms with Crippen LogP contribution in [0.5, 0.6) is 0 Å². The van der Waals surface area contributed by atoms with Gasteiger partial charge in [-0.1, -0.05) is 22.9 Å². The predicted molar refractivity (Wildman–Crippen MR) is 70.8 cm³/mol. The van der Waals surface area contributed by atoms with Crippen LogP contribution in [0.1, 0.15) is 20.3 Å². The molecule has 0 aliphatic rings. The Balaban J connectivity index is 2.47. The van der Waals surface area contributed by atoms with E-state index >= 15 is 0 Å². The van der Waals surface area contributed by atoms with Crippen molar-refractivity contribution < 1.29 is 0 Å². The van der Waals surface area contributed by atoms with E-state index in [9.17, 15) is 0 Å². The van der Waals surface area contributed by atoms with Crippen molar-refractivity contribution in [3.8, 4) is 0 Å². The van der Waals surface area contributed by atoms with E-state index in [-0.39, 0.29) is 0 Å². The van der Waals surface area contributed by atoms with Gasteiger partial charge in [0.1, 0.15) is 0 Å². The van der Waals surface area contributed by atoms with E-state index in [0.29, 0.717) is 16.8 Å². The van der Waals surface area contributed by atoms with E-state index in [4.69, 9.17) is 0 Å². The molecular weight excluding hydrogens is 357 g/mol. The van der Waals surface area contributed by atoms with Crippen molar-refractivity contribution in [2.45, 2.75) is 31.1 Å². The highest BCUT2D eigenvalue weighted by molar-refractivity contribution is 14.1. The van der Waals surface area contributed by atoms with Crippen molar-refractivity contribution in [1.29, 1.82) is 0 Å². The average molecular weight is 370 g/mol. The third kappa shape index (κ3) is 4.54. The second kappa shape index (κ2) is 5.85. The minimum atomic E-state index is 0.379. The smallest absolute Gasteiger partial charge is 0.222 e. The Labute approximate surface area is 106 Å². The molecule has 2 unspecified atom stereocenters. The molecule has 0 saturated carbocycles. The summed E-state index contributed by atoms with van der Waals surface area (Å²) in [5.74, 6) is 0.700. The first kappa shape index (κ1) is 12.2. The number of hydrogen-bond acceptors (Lipinski definition) is 3. The molecular formula is C9H13BrIN3. The lowest BCUT2D eigenvalue weighted by Crippen LogP contribution is -2.19. The summed E-state index contributed by atoms with van der Waals surface area (Å²) in [6.45, 7) is 4.26. The molecule has 3 nitrogen and oxygen atoms in total. The second-order valence-electron chi connectivity index (χ2n) is 3.29. The molecule has 1 rings (SSSR count). The molecule has 1 N–H and O–H groups in total. The lowest BCUT2D eigenvalue weighted by molar-refractivity contribution is 0.700. The molecule has 0 radical (unpaired) electrons. The lowest BCUT2D eigenvalue weighted by Gasteiger charge is -2.14. The van der Waals surface area contributed by atoms with Crippen LogP contribution < -0.4 is 5.32 Å². The highest BCUT2D eigenvalue weighted by Gasteiger charge is 2.06. The Kier molecular flexibility index (Phi) is 5.08. The molecule has 0 bridgehead atoms. The van der Waals surface area contributed by atoms with Gasteiger partial charge in [0.05, 0.1) is 0 Å². The van der Waals surface area contributed by atoms with E-state index in [1.165, 1.54) is 0 Å². The van der Waals surface area contributed by atoms with Gasteiger partial charge in [-0.2, -0.15) is 0 Å². The second-order valence-corrected chi connectivity index (χ2v) is 6.10. The van der Waals surface area contributed by atoms with Gasteiger partial charge >= 0.3 is 0 Å². The Morgan fingerprint density at radius 2 is 2.00 bits per heavy atom. The van der Waals surface area contributed by atoms with Crippen LogP contribution in [0.15, 0.2) is 12.4 Å². The van der Waals surface area contributed by atoms with Gasteiger partial charge in [-0.05, 0) is 35.9 Å². The van der Waals surface area contributed by atoms with E-state index < -0.39 is 0 Å². The molecule has 1 aromatic heterocycles. The third-order valence-corrected chi connectivity index (χ3v) is 2.61. The number of aromatic nitrogens is 2. The molecule has 14 heavy (non-hydrogen) atoms. The largest absolute Gasteiger partial charge is 0.352 e. The molecule has 0 amide bonds. The molecule has 5 heteroatoms. The Hall–Kier alpha value is 0.0900. The minimum absolute atomic E-state index is 0.379. The highest BCUT2D eigenvalue weighted by atomic mass is 127. The fraction of sp³-hybridized carbons (Fsp3) is 0.556. The van der Waals surface area contributed by atoms with Gasteiger partial charge in [0.2, 0.25) is 5.95 Å². The summed E-state index contributed by atoms with van der Waals surface area (Å²) in [6.07, 6.45) is 4.66. The van der Waals surface area contributed by atoms with Gasteiger partial charge < -0.3 is 5.32 Å². The summed E-state index contributed by atoms with van der Waals surface area (Å²) in [5, 5.41) is 3.24. The Morgan fingerprint density at radius 3 is 2.50 bits per heavy atom. The molecule has 0 fully saturated rings. The van der Waals surface area contributed by atoms with Crippen LogP contribution in [0.3, 0.4) is 0 Å². The number of rotatable bonds is 4. The molecule has 0 aromatic carbocycles. The maximum absolute atomic E-state index is 4.18. The zero-order valence-electron chi connectivity index (χ0n) is 8.17. The molecule has 1 aromatic rings. The number of alkyl halides is 1. The molecule has 78 valence electrons. The summed E-state index contributed by atoms with van der Waals surface area (Å²) in [4.78, 5) is 8.87. The third-order valence-electron chi connectivity index (χ3n) is 1.67. The van der Waals surface area contributed by atoms with Crippen LogP contribution in [0.2, 0.25) is 0 Å². The van der Waals surface area contributed by atoms with E-state index in [2.05, 4.69) is 67.7 Å². The van der Waals surface area contributed by atoms with Gasteiger partial charge in [-0.25, -0.2) is 9.97 Å². The number of nitrogens with one attached hydrogen (secondary N) is 1. The number of anilines is 1. The van der Waals surface area contributed by atoms with E-state index in [1.54, 1.807) is 12.4 Å². The molecule has 0 aliphatic heterocycles. The maximum Gasteiger partial charge on any atom is 0.222 e. The average Bonchev–Trinajstić information content (AvgIpc) is 2.07. The zero-order valence-corrected chi connectivity index (χ0v) is 11.9. The molecule has 0 spiro atoms. The van der Waals surface area contributed by atoms with Gasteiger partial charge in [-0.3, -0.25) is 0 Å². The SMILES string of the molecule is CC(Br)CC(C)Nc1ncc(I)cn1. The summed E-state index contributed by atoms with van der Waals surface area (Å²) < 4.78 is 1.05. The van der Waals surface area contributed by atoms with Gasteiger partial charge in [0, 0.05) is 26.8 Å². The first-order chi connectivity index (χ1) is 6.58. The standard InChI is InChI=1S/C9H13BrIN3/c1-6(10)3-7(2)14-9-12-4-8(11)5-13-9/h4-7H,3H2,1-2H3,(H,12,13,14). The molecule has 2 atom stereocenters. The van der Waals surface area contributed by atoms with Crippen LogP contribution >= 0.6 is 38.5 Å². The van der Waals surface area contributed by atoms with Crippen LogP contribution in [0, 0.1) is 3.57 Å². The maximum atomic E-state index is 4.18. The molecule has 0 saturated heterocycles. The molecule has 0 aliphatic carbocycles. The number of hydrogen-bond donors (Lipinski definition) is 1. The Morgan fingerprint density at radius 1 is 1.43 bits per heavy atom. The first-order valence-corrected chi connectivity index (χ1v) is 6.45. The summed E-state index contributed by atoms with van der Waals surface area (Å²) in [7, 11) is 0. The fourth-order valence-corrected chi connectivity index (χ4v) is 1.99. The fourth-order valence-electron chi connectivity index (χ4n) is 1.15. The summed E-state index contributed by atoms with van der Waals surface area (Å²) in [6, 6.07) is 0.379. The normalized spacial score (nSPS) is 14.9. The Bertz CT molecular complexity index is 276. The van der Waals surface area contributed by atoms with E-state index in [1.807, 2.05) is 0 Å². The zero-order chi connectivity index (χ0) is 10.6. The molecule has 1 heterocycles. The predicted octanol–water partition coefficient (Wildman–Crippen LogP) is 3.06. The van der Waals surface area contributed by atoms with Crippen molar-refractivity contribution in [2.75, 3.05) is 5.32 Å². The van der Waals surface area contributed by atoms with Gasteiger partial charge in [0.15, 0.2) is 0 Å². The van der Waals surface area contributed by atoms with Crippen molar-refractivity contribution in [2.24, 2.45) is 0 Å². The topological polar surface area (TPSA) is 37.8 Å².